The van der Waals surface area contributed by atoms with E-state index in [-0.39, 0.29) is 15.5 Å². The van der Waals surface area contributed by atoms with E-state index in [1.54, 1.807) is 36.4 Å². The summed E-state index contributed by atoms with van der Waals surface area (Å²) in [5.41, 5.74) is 1.34. The lowest BCUT2D eigenvalue weighted by Crippen LogP contribution is -2.37. The van der Waals surface area contributed by atoms with Gasteiger partial charge in [-0.05, 0) is 62.4 Å². The van der Waals surface area contributed by atoms with Crippen LogP contribution in [0.3, 0.4) is 0 Å². The molecular formula is C24H24ClFN2O4S. The van der Waals surface area contributed by atoms with E-state index in [1.165, 1.54) is 30.3 Å². The summed E-state index contributed by atoms with van der Waals surface area (Å²) in [6.07, 6.45) is 0. The van der Waals surface area contributed by atoms with Crippen molar-refractivity contribution in [3.63, 3.8) is 0 Å². The second-order valence-electron chi connectivity index (χ2n) is 7.29. The summed E-state index contributed by atoms with van der Waals surface area (Å²) in [4.78, 5) is 12.7. The first-order valence-corrected chi connectivity index (χ1v) is 12.0. The van der Waals surface area contributed by atoms with Gasteiger partial charge in [0, 0.05) is 22.8 Å². The predicted molar refractivity (Wildman–Crippen MR) is 126 cm³/mol. The smallest absolute Gasteiger partial charge is 0.243 e. The third kappa shape index (κ3) is 6.31. The van der Waals surface area contributed by atoms with Crippen molar-refractivity contribution in [3.05, 3.63) is 88.7 Å². The molecule has 9 heteroatoms. The molecule has 0 atom stereocenters. The molecule has 1 N–H and O–H groups in total. The van der Waals surface area contributed by atoms with Crippen molar-refractivity contribution in [2.75, 3.05) is 18.5 Å². The number of hydrogen-bond acceptors (Lipinski definition) is 4. The fourth-order valence-corrected chi connectivity index (χ4v) is 4.69. The standard InChI is InChI=1S/C24H24ClFN2O4S/c1-3-32-19-11-9-18(10-12-19)27-24(29)16-28(15-21-22(25)5-4-6-23(21)26)33(30,31)20-13-7-17(2)8-14-20/h4-14H,3,15-16H2,1-2H3,(H,27,29). The highest BCUT2D eigenvalue weighted by atomic mass is 35.5. The van der Waals surface area contributed by atoms with Gasteiger partial charge >= 0.3 is 0 Å². The molecule has 0 aliphatic carbocycles. The number of benzene rings is 3. The van der Waals surface area contributed by atoms with Crippen LogP contribution in [0, 0.1) is 12.7 Å². The number of carbonyl (C=O) groups is 1. The van der Waals surface area contributed by atoms with Crippen molar-refractivity contribution in [2.24, 2.45) is 0 Å². The van der Waals surface area contributed by atoms with Gasteiger partial charge in [0.1, 0.15) is 11.6 Å². The van der Waals surface area contributed by atoms with Crippen LogP contribution in [0.15, 0.2) is 71.6 Å². The molecule has 3 aromatic carbocycles. The maximum absolute atomic E-state index is 14.4. The molecule has 0 unspecified atom stereocenters. The lowest BCUT2D eigenvalue weighted by Gasteiger charge is -2.23. The average Bonchev–Trinajstić information content (AvgIpc) is 2.77. The Balaban J connectivity index is 1.87. The van der Waals surface area contributed by atoms with E-state index >= 15 is 0 Å². The fourth-order valence-electron chi connectivity index (χ4n) is 3.11. The summed E-state index contributed by atoms with van der Waals surface area (Å²) >= 11 is 6.12. The zero-order valence-corrected chi connectivity index (χ0v) is 19.8. The normalized spacial score (nSPS) is 11.4. The number of nitrogens with one attached hydrogen (secondary N) is 1. The van der Waals surface area contributed by atoms with E-state index in [0.717, 1.165) is 9.87 Å². The van der Waals surface area contributed by atoms with Gasteiger partial charge in [-0.1, -0.05) is 35.4 Å². The van der Waals surface area contributed by atoms with E-state index in [2.05, 4.69) is 5.32 Å². The number of rotatable bonds is 9. The van der Waals surface area contributed by atoms with Crippen LogP contribution >= 0.6 is 11.6 Å². The molecule has 1 amide bonds. The highest BCUT2D eigenvalue weighted by Gasteiger charge is 2.28. The van der Waals surface area contributed by atoms with E-state index in [9.17, 15) is 17.6 Å². The number of carbonyl (C=O) groups excluding carboxylic acids is 1. The van der Waals surface area contributed by atoms with Crippen molar-refractivity contribution >= 4 is 33.2 Å². The topological polar surface area (TPSA) is 75.7 Å². The first-order chi connectivity index (χ1) is 15.7. The van der Waals surface area contributed by atoms with Gasteiger partial charge in [-0.2, -0.15) is 4.31 Å². The summed E-state index contributed by atoms with van der Waals surface area (Å²) in [5.74, 6) is -0.589. The summed E-state index contributed by atoms with van der Waals surface area (Å²) in [5, 5.41) is 2.74. The van der Waals surface area contributed by atoms with Crippen LogP contribution in [0.5, 0.6) is 5.75 Å². The Kier molecular flexibility index (Phi) is 8.07. The Labute approximate surface area is 198 Å². The number of ether oxygens (including phenoxy) is 1. The van der Waals surface area contributed by atoms with Gasteiger partial charge in [-0.15, -0.1) is 0 Å². The molecule has 3 aromatic rings. The molecule has 0 fully saturated rings. The molecule has 0 saturated heterocycles. The maximum Gasteiger partial charge on any atom is 0.243 e. The van der Waals surface area contributed by atoms with Crippen LogP contribution in [0.2, 0.25) is 5.02 Å². The van der Waals surface area contributed by atoms with Crippen molar-refractivity contribution < 1.29 is 22.3 Å². The Hall–Kier alpha value is -2.94. The number of amides is 1. The molecule has 0 bridgehead atoms. The van der Waals surface area contributed by atoms with Crippen LogP contribution in [-0.4, -0.2) is 31.8 Å². The number of halogens is 2. The van der Waals surface area contributed by atoms with Crippen LogP contribution in [0.1, 0.15) is 18.1 Å². The quantitative estimate of drug-likeness (QED) is 0.457. The van der Waals surface area contributed by atoms with Gasteiger partial charge in [-0.3, -0.25) is 4.79 Å². The molecule has 0 aliphatic heterocycles. The molecule has 0 saturated carbocycles. The molecule has 0 radical (unpaired) electrons. The zero-order valence-electron chi connectivity index (χ0n) is 18.2. The van der Waals surface area contributed by atoms with Crippen LogP contribution < -0.4 is 10.1 Å². The summed E-state index contributed by atoms with van der Waals surface area (Å²) in [6, 6.07) is 17.0. The summed E-state index contributed by atoms with van der Waals surface area (Å²) in [6.45, 7) is 3.26. The maximum atomic E-state index is 14.4. The highest BCUT2D eigenvalue weighted by Crippen LogP contribution is 2.25. The monoisotopic (exact) mass is 490 g/mol. The Morgan fingerprint density at radius 2 is 1.73 bits per heavy atom. The lowest BCUT2D eigenvalue weighted by molar-refractivity contribution is -0.116. The molecule has 0 aliphatic rings. The van der Waals surface area contributed by atoms with E-state index in [1.807, 2.05) is 13.8 Å². The first kappa shape index (κ1) is 24.7. The van der Waals surface area contributed by atoms with Crippen molar-refractivity contribution in [3.8, 4) is 5.75 Å². The Morgan fingerprint density at radius 1 is 1.06 bits per heavy atom. The second kappa shape index (κ2) is 10.8. The van der Waals surface area contributed by atoms with Crippen molar-refractivity contribution in [1.82, 2.24) is 4.31 Å². The minimum atomic E-state index is -4.12. The molecule has 0 spiro atoms. The minimum absolute atomic E-state index is 0.00516. The number of aryl methyl sites for hydroxylation is 1. The Bertz CT molecular complexity index is 1200. The van der Waals surface area contributed by atoms with Gasteiger partial charge in [0.15, 0.2) is 0 Å². The molecule has 0 aromatic heterocycles. The van der Waals surface area contributed by atoms with Crippen LogP contribution in [-0.2, 0) is 21.4 Å². The lowest BCUT2D eigenvalue weighted by atomic mass is 10.2. The molecule has 174 valence electrons. The fraction of sp³-hybridized carbons (Fsp3) is 0.208. The van der Waals surface area contributed by atoms with Crippen LogP contribution in [0.4, 0.5) is 10.1 Å². The van der Waals surface area contributed by atoms with Gasteiger partial charge in [0.25, 0.3) is 0 Å². The second-order valence-corrected chi connectivity index (χ2v) is 9.64. The third-order valence-electron chi connectivity index (χ3n) is 4.82. The SMILES string of the molecule is CCOc1ccc(NC(=O)CN(Cc2c(F)cccc2Cl)S(=O)(=O)c2ccc(C)cc2)cc1. The van der Waals surface area contributed by atoms with Crippen molar-refractivity contribution in [2.45, 2.75) is 25.3 Å². The highest BCUT2D eigenvalue weighted by molar-refractivity contribution is 7.89. The largest absolute Gasteiger partial charge is 0.494 e. The van der Waals surface area contributed by atoms with E-state index < -0.39 is 34.8 Å². The van der Waals surface area contributed by atoms with Crippen molar-refractivity contribution in [1.29, 1.82) is 0 Å². The Morgan fingerprint density at radius 3 is 2.33 bits per heavy atom. The number of anilines is 1. The van der Waals surface area contributed by atoms with Gasteiger partial charge in [0.05, 0.1) is 18.0 Å². The third-order valence-corrected chi connectivity index (χ3v) is 6.98. The summed E-state index contributed by atoms with van der Waals surface area (Å²) in [7, 11) is -4.12. The molecule has 33 heavy (non-hydrogen) atoms. The van der Waals surface area contributed by atoms with Gasteiger partial charge < -0.3 is 10.1 Å². The van der Waals surface area contributed by atoms with E-state index in [4.69, 9.17) is 16.3 Å². The number of sulfonamides is 1. The average molecular weight is 491 g/mol. The van der Waals surface area contributed by atoms with Crippen LogP contribution in [0.25, 0.3) is 0 Å². The van der Waals surface area contributed by atoms with E-state index in [0.29, 0.717) is 18.0 Å². The molecule has 0 heterocycles. The summed E-state index contributed by atoms with van der Waals surface area (Å²) < 4.78 is 47.4. The number of hydrogen-bond donors (Lipinski definition) is 1. The first-order valence-electron chi connectivity index (χ1n) is 10.2. The number of nitrogens with zero attached hydrogens (tertiary/aromatic N) is 1. The predicted octanol–water partition coefficient (Wildman–Crippen LogP) is 5.02. The molecular weight excluding hydrogens is 467 g/mol. The molecule has 3 rings (SSSR count). The zero-order chi connectivity index (χ0) is 24.0. The minimum Gasteiger partial charge on any atom is -0.494 e. The molecule has 6 nitrogen and oxygen atoms in total. The van der Waals surface area contributed by atoms with Gasteiger partial charge in [-0.25, -0.2) is 12.8 Å². The van der Waals surface area contributed by atoms with Gasteiger partial charge in [0.2, 0.25) is 15.9 Å².